The summed E-state index contributed by atoms with van der Waals surface area (Å²) < 4.78 is 21.6. The van der Waals surface area contributed by atoms with Crippen LogP contribution in [0.1, 0.15) is 42.6 Å². The number of benzene rings is 2. The van der Waals surface area contributed by atoms with Gasteiger partial charge in [-0.15, -0.1) is 0 Å². The van der Waals surface area contributed by atoms with Gasteiger partial charge in [-0.25, -0.2) is 9.37 Å². The Hall–Kier alpha value is -2.42. The fourth-order valence-electron chi connectivity index (χ4n) is 3.76. The number of rotatable bonds is 7. The summed E-state index contributed by atoms with van der Waals surface area (Å²) in [6.45, 7) is 4.79. The van der Waals surface area contributed by atoms with Crippen molar-refractivity contribution in [3.05, 3.63) is 68.7 Å². The van der Waals surface area contributed by atoms with Crippen LogP contribution in [0.15, 0.2) is 46.3 Å². The Balaban J connectivity index is 1.74. The van der Waals surface area contributed by atoms with Crippen molar-refractivity contribution in [3.8, 4) is 0 Å². The Bertz CT molecular complexity index is 1220. The number of hydrogen-bond donors (Lipinski definition) is 1. The molecule has 6 nitrogen and oxygen atoms in total. The predicted octanol–water partition coefficient (Wildman–Crippen LogP) is 4.80. The summed E-state index contributed by atoms with van der Waals surface area (Å²) >= 11 is 7.43. The van der Waals surface area contributed by atoms with Gasteiger partial charge in [-0.3, -0.25) is 14.2 Å². The molecule has 0 bridgehead atoms. The van der Waals surface area contributed by atoms with Gasteiger partial charge >= 0.3 is 0 Å². The lowest BCUT2D eigenvalue weighted by atomic mass is 10.1. The molecule has 33 heavy (non-hydrogen) atoms. The second-order valence-corrected chi connectivity index (χ2v) is 9.64. The number of carbonyl (C=O) groups excluding carboxylic acids is 1. The summed E-state index contributed by atoms with van der Waals surface area (Å²) in [6, 6.07) is 9.40. The number of hydrogen-bond acceptors (Lipinski definition) is 5. The second-order valence-electron chi connectivity index (χ2n) is 8.29. The zero-order valence-electron chi connectivity index (χ0n) is 18.4. The molecule has 1 aliphatic heterocycles. The maximum absolute atomic E-state index is 14.3. The molecular weight excluding hydrogens is 465 g/mol. The summed E-state index contributed by atoms with van der Waals surface area (Å²) in [5, 5.41) is 4.02. The van der Waals surface area contributed by atoms with Crippen molar-refractivity contribution in [2.45, 2.75) is 56.3 Å². The number of nitrogens with zero attached hydrogens (tertiary/aromatic N) is 2. The van der Waals surface area contributed by atoms with Crippen molar-refractivity contribution in [3.63, 3.8) is 0 Å². The predicted molar refractivity (Wildman–Crippen MR) is 129 cm³/mol. The monoisotopic (exact) mass is 489 g/mol. The van der Waals surface area contributed by atoms with Crippen LogP contribution in [-0.4, -0.2) is 34.2 Å². The largest absolute Gasteiger partial charge is 0.376 e. The quantitative estimate of drug-likeness (QED) is 0.381. The highest BCUT2D eigenvalue weighted by Gasteiger charge is 2.21. The number of aromatic nitrogens is 2. The maximum atomic E-state index is 14.3. The first-order valence-electron chi connectivity index (χ1n) is 10.9. The molecule has 2 heterocycles. The summed E-state index contributed by atoms with van der Waals surface area (Å²) in [5.41, 5.74) is 0.982. The van der Waals surface area contributed by atoms with E-state index in [1.807, 2.05) is 13.8 Å². The van der Waals surface area contributed by atoms with E-state index in [9.17, 15) is 14.0 Å². The number of fused-ring (bicyclic) bond motifs is 1. The van der Waals surface area contributed by atoms with Crippen LogP contribution in [0.5, 0.6) is 0 Å². The lowest BCUT2D eigenvalue weighted by Gasteiger charge is -2.17. The van der Waals surface area contributed by atoms with E-state index in [0.717, 1.165) is 12.8 Å². The van der Waals surface area contributed by atoms with Crippen molar-refractivity contribution in [2.75, 3.05) is 6.61 Å². The first-order chi connectivity index (χ1) is 15.8. The molecule has 1 amide bonds. The van der Waals surface area contributed by atoms with Gasteiger partial charge in [0.15, 0.2) is 5.16 Å². The minimum Gasteiger partial charge on any atom is -0.376 e. The summed E-state index contributed by atoms with van der Waals surface area (Å²) in [4.78, 5) is 30.5. The molecule has 0 aliphatic carbocycles. The molecule has 1 fully saturated rings. The van der Waals surface area contributed by atoms with Gasteiger partial charge in [0.1, 0.15) is 5.82 Å². The van der Waals surface area contributed by atoms with Crippen LogP contribution in [-0.2, 0) is 17.0 Å². The number of amides is 1. The van der Waals surface area contributed by atoms with Gasteiger partial charge in [-0.2, -0.15) is 0 Å². The van der Waals surface area contributed by atoms with Crippen LogP contribution in [0.4, 0.5) is 4.39 Å². The SMILES string of the molecule is CC(C)NC(=O)c1ccc2c(=O)n(CC3CCCO3)c(SCc3c(F)cccc3Cl)nc2c1. The zero-order chi connectivity index (χ0) is 23.5. The first-order valence-corrected chi connectivity index (χ1v) is 12.2. The summed E-state index contributed by atoms with van der Waals surface area (Å²) in [7, 11) is 0. The molecule has 0 spiro atoms. The standard InChI is InChI=1S/C24H25ClFN3O3S/c1-14(2)27-22(30)15-8-9-17-21(11-15)28-24(29(23(17)31)12-16-5-4-10-32-16)33-13-18-19(25)6-3-7-20(18)26/h3,6-9,11,14,16H,4-5,10,12-13H2,1-2H3,(H,27,30). The molecule has 1 unspecified atom stereocenters. The average molecular weight is 490 g/mol. The Morgan fingerprint density at radius 3 is 2.88 bits per heavy atom. The Labute approximate surface area is 200 Å². The third kappa shape index (κ3) is 5.39. The molecule has 1 saturated heterocycles. The second kappa shape index (κ2) is 10.2. The highest BCUT2D eigenvalue weighted by atomic mass is 35.5. The van der Waals surface area contributed by atoms with E-state index >= 15 is 0 Å². The van der Waals surface area contributed by atoms with Gasteiger partial charge in [0, 0.05) is 34.6 Å². The third-order valence-electron chi connectivity index (χ3n) is 5.42. The smallest absolute Gasteiger partial charge is 0.262 e. The highest BCUT2D eigenvalue weighted by molar-refractivity contribution is 7.98. The lowest BCUT2D eigenvalue weighted by molar-refractivity contribution is 0.0937. The topological polar surface area (TPSA) is 73.2 Å². The maximum Gasteiger partial charge on any atom is 0.262 e. The van der Waals surface area contributed by atoms with E-state index in [0.29, 0.717) is 45.4 Å². The van der Waals surface area contributed by atoms with Crippen LogP contribution >= 0.6 is 23.4 Å². The van der Waals surface area contributed by atoms with E-state index in [1.54, 1.807) is 34.9 Å². The fourth-order valence-corrected chi connectivity index (χ4v) is 5.11. The van der Waals surface area contributed by atoms with E-state index in [-0.39, 0.29) is 29.4 Å². The Morgan fingerprint density at radius 1 is 1.36 bits per heavy atom. The van der Waals surface area contributed by atoms with E-state index in [2.05, 4.69) is 5.32 Å². The molecule has 0 radical (unpaired) electrons. The van der Waals surface area contributed by atoms with Crippen molar-refractivity contribution >= 4 is 40.2 Å². The molecule has 1 aliphatic rings. The molecule has 4 rings (SSSR count). The lowest BCUT2D eigenvalue weighted by Crippen LogP contribution is -2.31. The Kier molecular flexibility index (Phi) is 7.36. The molecule has 2 aromatic carbocycles. The van der Waals surface area contributed by atoms with Crippen molar-refractivity contribution in [1.29, 1.82) is 0 Å². The normalized spacial score (nSPS) is 16.0. The van der Waals surface area contributed by atoms with Crippen LogP contribution in [0, 0.1) is 5.82 Å². The van der Waals surface area contributed by atoms with Gasteiger partial charge in [0.05, 0.1) is 23.6 Å². The third-order valence-corrected chi connectivity index (χ3v) is 6.78. The van der Waals surface area contributed by atoms with Crippen molar-refractivity contribution < 1.29 is 13.9 Å². The van der Waals surface area contributed by atoms with Crippen LogP contribution in [0.3, 0.4) is 0 Å². The van der Waals surface area contributed by atoms with Crippen LogP contribution in [0.25, 0.3) is 10.9 Å². The van der Waals surface area contributed by atoms with Crippen molar-refractivity contribution in [1.82, 2.24) is 14.9 Å². The van der Waals surface area contributed by atoms with Gasteiger partial charge in [-0.1, -0.05) is 29.4 Å². The molecule has 0 saturated carbocycles. The molecule has 1 atom stereocenters. The van der Waals surface area contributed by atoms with E-state index < -0.39 is 5.82 Å². The number of nitrogens with one attached hydrogen (secondary N) is 1. The Morgan fingerprint density at radius 2 is 2.18 bits per heavy atom. The van der Waals surface area contributed by atoms with Gasteiger partial charge in [0.2, 0.25) is 0 Å². The number of thioether (sulfide) groups is 1. The molecule has 1 N–H and O–H groups in total. The molecule has 174 valence electrons. The highest BCUT2D eigenvalue weighted by Crippen LogP contribution is 2.29. The molecule has 1 aromatic heterocycles. The summed E-state index contributed by atoms with van der Waals surface area (Å²) in [5.74, 6) is -0.427. The summed E-state index contributed by atoms with van der Waals surface area (Å²) in [6.07, 6.45) is 1.74. The van der Waals surface area contributed by atoms with Crippen molar-refractivity contribution in [2.24, 2.45) is 0 Å². The first kappa shape index (κ1) is 23.7. The average Bonchev–Trinajstić information content (AvgIpc) is 3.28. The fraction of sp³-hybridized carbons (Fsp3) is 0.375. The van der Waals surface area contributed by atoms with Gasteiger partial charge in [-0.05, 0) is 57.0 Å². The molecule has 9 heteroatoms. The zero-order valence-corrected chi connectivity index (χ0v) is 20.0. The van der Waals surface area contributed by atoms with Gasteiger partial charge < -0.3 is 10.1 Å². The number of carbonyl (C=O) groups is 1. The molecular formula is C24H25ClFN3O3S. The minimum absolute atomic E-state index is 0.0165. The minimum atomic E-state index is -0.406. The van der Waals surface area contributed by atoms with Gasteiger partial charge in [0.25, 0.3) is 11.5 Å². The number of ether oxygens (including phenoxy) is 1. The molecule has 3 aromatic rings. The number of halogens is 2. The van der Waals surface area contributed by atoms with E-state index in [4.69, 9.17) is 21.3 Å². The van der Waals surface area contributed by atoms with E-state index in [1.165, 1.54) is 17.8 Å². The van der Waals surface area contributed by atoms with Crippen LogP contribution < -0.4 is 10.9 Å². The van der Waals surface area contributed by atoms with Crippen LogP contribution in [0.2, 0.25) is 5.02 Å².